The highest BCUT2D eigenvalue weighted by Crippen LogP contribution is 2.40. The van der Waals surface area contributed by atoms with Gasteiger partial charge in [-0.1, -0.05) is 6.42 Å². The van der Waals surface area contributed by atoms with E-state index in [1.807, 2.05) is 0 Å². The van der Waals surface area contributed by atoms with Crippen molar-refractivity contribution < 1.29 is 18.0 Å². The van der Waals surface area contributed by atoms with E-state index >= 15 is 0 Å². The maximum absolute atomic E-state index is 12.7. The molecule has 4 nitrogen and oxygen atoms in total. The van der Waals surface area contributed by atoms with Crippen molar-refractivity contribution in [3.8, 4) is 0 Å². The molecule has 1 amide bonds. The molecule has 1 aromatic rings. The number of alkyl halides is 3. The maximum atomic E-state index is 12.7. The summed E-state index contributed by atoms with van der Waals surface area (Å²) in [5, 5.41) is 2.59. The van der Waals surface area contributed by atoms with Crippen LogP contribution in [-0.2, 0) is 4.79 Å². The van der Waals surface area contributed by atoms with E-state index in [2.05, 4.69) is 10.3 Å². The summed E-state index contributed by atoms with van der Waals surface area (Å²) >= 11 is 0. The third-order valence-corrected chi connectivity index (χ3v) is 3.56. The van der Waals surface area contributed by atoms with Gasteiger partial charge in [-0.3, -0.25) is 4.79 Å². The smallest absolute Gasteiger partial charge is 0.384 e. The Kier molecular flexibility index (Phi) is 4.15. The fourth-order valence-corrected chi connectivity index (χ4v) is 2.45. The first kappa shape index (κ1) is 14.6. The zero-order chi connectivity index (χ0) is 14.8. The topological polar surface area (TPSA) is 68.0 Å². The molecule has 3 N–H and O–H groups in total. The van der Waals surface area contributed by atoms with Gasteiger partial charge in [0.15, 0.2) is 0 Å². The number of nitrogens with two attached hydrogens (primary N) is 1. The second-order valence-electron chi connectivity index (χ2n) is 5.06. The van der Waals surface area contributed by atoms with E-state index in [0.717, 1.165) is 0 Å². The molecule has 0 bridgehead atoms. The van der Waals surface area contributed by atoms with Crippen LogP contribution in [0, 0.1) is 11.8 Å². The minimum atomic E-state index is -4.22. The predicted molar refractivity (Wildman–Crippen MR) is 68.8 cm³/mol. The first-order valence-electron chi connectivity index (χ1n) is 6.45. The summed E-state index contributed by atoms with van der Waals surface area (Å²) in [7, 11) is 0. The van der Waals surface area contributed by atoms with E-state index in [0.29, 0.717) is 24.3 Å². The maximum Gasteiger partial charge on any atom is 0.391 e. The molecule has 2 atom stereocenters. The Balaban J connectivity index is 1.97. The molecule has 1 heterocycles. The fraction of sp³-hybridized carbons (Fsp3) is 0.538. The molecule has 0 spiro atoms. The highest BCUT2D eigenvalue weighted by molar-refractivity contribution is 5.92. The molecule has 110 valence electrons. The number of rotatable bonds is 2. The van der Waals surface area contributed by atoms with Gasteiger partial charge in [-0.25, -0.2) is 4.98 Å². The van der Waals surface area contributed by atoms with Crippen molar-refractivity contribution in [2.24, 2.45) is 11.8 Å². The first-order chi connectivity index (χ1) is 9.36. The van der Waals surface area contributed by atoms with Crippen LogP contribution in [-0.4, -0.2) is 17.1 Å². The number of carbonyl (C=O) groups excluding carboxylic acids is 1. The first-order valence-corrected chi connectivity index (χ1v) is 6.45. The molecule has 1 aliphatic carbocycles. The van der Waals surface area contributed by atoms with Gasteiger partial charge >= 0.3 is 6.18 Å². The summed E-state index contributed by atoms with van der Waals surface area (Å²) < 4.78 is 38.1. The number of amides is 1. The van der Waals surface area contributed by atoms with Crippen LogP contribution in [0.2, 0.25) is 0 Å². The fourth-order valence-electron chi connectivity index (χ4n) is 2.45. The van der Waals surface area contributed by atoms with Gasteiger partial charge in [-0.15, -0.1) is 0 Å². The zero-order valence-corrected chi connectivity index (χ0v) is 10.8. The van der Waals surface area contributed by atoms with Crippen LogP contribution in [0.4, 0.5) is 24.7 Å². The zero-order valence-electron chi connectivity index (χ0n) is 10.8. The molecule has 2 rings (SSSR count). The number of hydrogen-bond donors (Lipinski definition) is 2. The summed E-state index contributed by atoms with van der Waals surface area (Å²) in [6, 6.07) is 3.10. The van der Waals surface area contributed by atoms with E-state index in [9.17, 15) is 18.0 Å². The predicted octanol–water partition coefficient (Wildman–Crippen LogP) is 2.97. The normalized spacial score (nSPS) is 23.4. The van der Waals surface area contributed by atoms with Gasteiger partial charge in [0.2, 0.25) is 5.91 Å². The lowest BCUT2D eigenvalue weighted by Gasteiger charge is -2.29. The Morgan fingerprint density at radius 3 is 2.70 bits per heavy atom. The molecule has 2 unspecified atom stereocenters. The van der Waals surface area contributed by atoms with E-state index in [4.69, 9.17) is 5.73 Å². The third-order valence-electron chi connectivity index (χ3n) is 3.56. The lowest BCUT2D eigenvalue weighted by molar-refractivity contribution is -0.185. The molecule has 1 saturated carbocycles. The number of halogens is 3. The van der Waals surface area contributed by atoms with Gasteiger partial charge < -0.3 is 11.1 Å². The lowest BCUT2D eigenvalue weighted by atomic mass is 9.80. The molecule has 7 heteroatoms. The molecular formula is C13H16F3N3O. The minimum Gasteiger partial charge on any atom is -0.384 e. The van der Waals surface area contributed by atoms with E-state index in [-0.39, 0.29) is 18.7 Å². The van der Waals surface area contributed by atoms with Crippen LogP contribution in [0.25, 0.3) is 0 Å². The van der Waals surface area contributed by atoms with Gasteiger partial charge in [-0.2, -0.15) is 13.2 Å². The van der Waals surface area contributed by atoms with Crippen molar-refractivity contribution in [1.82, 2.24) is 4.98 Å². The van der Waals surface area contributed by atoms with Crippen molar-refractivity contribution in [2.75, 3.05) is 11.1 Å². The Morgan fingerprint density at radius 2 is 2.10 bits per heavy atom. The quantitative estimate of drug-likeness (QED) is 0.878. The van der Waals surface area contributed by atoms with Crippen molar-refractivity contribution in [3.05, 3.63) is 18.3 Å². The Labute approximate surface area is 114 Å². The van der Waals surface area contributed by atoms with Crippen LogP contribution in [0.3, 0.4) is 0 Å². The summed E-state index contributed by atoms with van der Waals surface area (Å²) in [4.78, 5) is 15.8. The molecule has 0 radical (unpaired) electrons. The molecule has 0 aliphatic heterocycles. The Hall–Kier alpha value is -1.79. The van der Waals surface area contributed by atoms with Gasteiger partial charge in [0.25, 0.3) is 0 Å². The molecule has 1 aromatic heterocycles. The number of nitrogens with zero attached hydrogens (tertiary/aromatic N) is 1. The molecule has 1 aliphatic rings. The number of carbonyl (C=O) groups is 1. The average molecular weight is 287 g/mol. The molecular weight excluding hydrogens is 271 g/mol. The number of pyridine rings is 1. The lowest BCUT2D eigenvalue weighted by Crippen LogP contribution is -2.34. The largest absolute Gasteiger partial charge is 0.391 e. The van der Waals surface area contributed by atoms with Crippen LogP contribution in [0.5, 0.6) is 0 Å². The van der Waals surface area contributed by atoms with Crippen molar-refractivity contribution in [1.29, 1.82) is 0 Å². The number of nitrogen functional groups attached to an aromatic ring is 1. The Morgan fingerprint density at radius 1 is 1.35 bits per heavy atom. The van der Waals surface area contributed by atoms with Crippen LogP contribution >= 0.6 is 0 Å². The van der Waals surface area contributed by atoms with Crippen LogP contribution in [0.15, 0.2) is 18.3 Å². The molecule has 1 fully saturated rings. The highest BCUT2D eigenvalue weighted by atomic mass is 19.4. The minimum absolute atomic E-state index is 0.108. The Bertz CT molecular complexity index is 473. The average Bonchev–Trinajstić information content (AvgIpc) is 2.40. The van der Waals surface area contributed by atoms with Gasteiger partial charge in [0, 0.05) is 5.92 Å². The number of aromatic nitrogens is 1. The van der Waals surface area contributed by atoms with Crippen molar-refractivity contribution >= 4 is 17.4 Å². The summed E-state index contributed by atoms with van der Waals surface area (Å²) in [6.45, 7) is 0. The summed E-state index contributed by atoms with van der Waals surface area (Å²) in [6.07, 6.45) is -1.96. The SMILES string of the molecule is Nc1ccc(NC(=O)C2CCCC(C(F)(F)F)C2)cn1. The van der Waals surface area contributed by atoms with E-state index in [1.54, 1.807) is 6.07 Å². The second-order valence-corrected chi connectivity index (χ2v) is 5.06. The third kappa shape index (κ3) is 3.61. The number of hydrogen-bond acceptors (Lipinski definition) is 3. The van der Waals surface area contributed by atoms with Crippen molar-refractivity contribution in [3.63, 3.8) is 0 Å². The van der Waals surface area contributed by atoms with Gasteiger partial charge in [-0.05, 0) is 31.4 Å². The number of nitrogens with one attached hydrogen (secondary N) is 1. The summed E-state index contributed by atoms with van der Waals surface area (Å²) in [5.74, 6) is -2.05. The van der Waals surface area contributed by atoms with Crippen LogP contribution < -0.4 is 11.1 Å². The van der Waals surface area contributed by atoms with Gasteiger partial charge in [0.05, 0.1) is 17.8 Å². The summed E-state index contributed by atoms with van der Waals surface area (Å²) in [5.41, 5.74) is 5.86. The number of anilines is 2. The molecule has 0 aromatic carbocycles. The standard InChI is InChI=1S/C13H16F3N3O/c14-13(15,16)9-3-1-2-8(6-9)12(20)19-10-4-5-11(17)18-7-10/h4-5,7-9H,1-3,6H2,(H2,17,18)(H,19,20). The molecule has 20 heavy (non-hydrogen) atoms. The second kappa shape index (κ2) is 5.68. The molecule has 0 saturated heterocycles. The highest BCUT2D eigenvalue weighted by Gasteiger charge is 2.43. The van der Waals surface area contributed by atoms with E-state index in [1.165, 1.54) is 12.3 Å². The van der Waals surface area contributed by atoms with Crippen LogP contribution in [0.1, 0.15) is 25.7 Å². The monoisotopic (exact) mass is 287 g/mol. The van der Waals surface area contributed by atoms with E-state index < -0.39 is 18.0 Å². The van der Waals surface area contributed by atoms with Crippen molar-refractivity contribution in [2.45, 2.75) is 31.9 Å². The van der Waals surface area contributed by atoms with Gasteiger partial charge in [0.1, 0.15) is 5.82 Å².